The molecule has 0 aliphatic carbocycles. The van der Waals surface area contributed by atoms with Crippen molar-refractivity contribution in [3.05, 3.63) is 82.9 Å². The quantitative estimate of drug-likeness (QED) is 0.301. The van der Waals surface area contributed by atoms with Crippen LogP contribution in [-0.2, 0) is 0 Å². The van der Waals surface area contributed by atoms with Crippen LogP contribution in [0.5, 0.6) is 11.5 Å². The van der Waals surface area contributed by atoms with Gasteiger partial charge in [-0.05, 0) is 51.5 Å². The van der Waals surface area contributed by atoms with Crippen LogP contribution < -0.4 is 14.5 Å². The van der Waals surface area contributed by atoms with E-state index in [4.69, 9.17) is 4.74 Å². The van der Waals surface area contributed by atoms with Crippen molar-refractivity contribution < 1.29 is 14.6 Å². The van der Waals surface area contributed by atoms with Gasteiger partial charge in [0.05, 0.1) is 5.56 Å². The lowest BCUT2D eigenvalue weighted by Crippen LogP contribution is -2.23. The van der Waals surface area contributed by atoms with Crippen LogP contribution in [0.1, 0.15) is 60.7 Å². The number of carbonyl (C=O) groups is 1. The van der Waals surface area contributed by atoms with E-state index in [2.05, 4.69) is 73.9 Å². The summed E-state index contributed by atoms with van der Waals surface area (Å²) in [5, 5.41) is 9.91. The van der Waals surface area contributed by atoms with Gasteiger partial charge in [-0.1, -0.05) is 30.3 Å². The standard InChI is InChI=1S/C28H32N2O3.ClH/c1-5-29(6-2)19-13-15-23-25(17-19)33-26-18-20(30(7-3)8-4)14-16-24(26)27(23)21-11-9-10-12-22(21)28(31)32;/h9-18,27H,5-8H2,1-4H3,(H,31,32);1H. The second-order valence-electron chi connectivity index (χ2n) is 8.22. The van der Waals surface area contributed by atoms with Crippen molar-refractivity contribution in [2.75, 3.05) is 36.0 Å². The number of rotatable bonds is 8. The Morgan fingerprint density at radius 2 is 1.24 bits per heavy atom. The fourth-order valence-corrected chi connectivity index (χ4v) is 4.84. The number of hydrogen-bond acceptors (Lipinski definition) is 4. The Kier molecular flexibility index (Phi) is 8.11. The first-order chi connectivity index (χ1) is 16.0. The van der Waals surface area contributed by atoms with Gasteiger partial charge in [-0.3, -0.25) is 0 Å². The summed E-state index contributed by atoms with van der Waals surface area (Å²) in [6, 6.07) is 19.9. The third-order valence-electron chi connectivity index (χ3n) is 6.60. The first kappa shape index (κ1) is 25.4. The molecule has 3 aromatic rings. The summed E-state index contributed by atoms with van der Waals surface area (Å²) in [6.07, 6.45) is 0. The second-order valence-corrected chi connectivity index (χ2v) is 8.22. The topological polar surface area (TPSA) is 53.0 Å². The number of halogens is 1. The molecule has 0 saturated heterocycles. The smallest absolute Gasteiger partial charge is 0.335 e. The highest BCUT2D eigenvalue weighted by atomic mass is 35.5. The van der Waals surface area contributed by atoms with Crippen molar-refractivity contribution in [2.45, 2.75) is 33.6 Å². The van der Waals surface area contributed by atoms with E-state index in [1.54, 1.807) is 12.1 Å². The molecule has 0 bridgehead atoms. The van der Waals surface area contributed by atoms with Crippen molar-refractivity contribution >= 4 is 29.8 Å². The van der Waals surface area contributed by atoms with Gasteiger partial charge in [0.2, 0.25) is 0 Å². The zero-order valence-electron chi connectivity index (χ0n) is 20.2. The molecule has 1 aliphatic rings. The summed E-state index contributed by atoms with van der Waals surface area (Å²) in [4.78, 5) is 16.7. The normalized spacial score (nSPS) is 12.1. The molecule has 6 heteroatoms. The molecule has 0 spiro atoms. The van der Waals surface area contributed by atoms with E-state index in [0.717, 1.165) is 65.7 Å². The predicted octanol–water partition coefficient (Wildman–Crippen LogP) is 6.78. The molecule has 0 saturated carbocycles. The molecule has 0 radical (unpaired) electrons. The van der Waals surface area contributed by atoms with E-state index in [1.165, 1.54) is 0 Å². The lowest BCUT2D eigenvalue weighted by Gasteiger charge is -2.32. The van der Waals surface area contributed by atoms with Gasteiger partial charge in [-0.2, -0.15) is 0 Å². The maximum Gasteiger partial charge on any atom is 0.335 e. The van der Waals surface area contributed by atoms with Crippen LogP contribution in [0.25, 0.3) is 0 Å². The largest absolute Gasteiger partial charge is 0.478 e. The van der Waals surface area contributed by atoms with Crippen LogP contribution in [0.4, 0.5) is 11.4 Å². The zero-order chi connectivity index (χ0) is 23.5. The first-order valence-corrected chi connectivity index (χ1v) is 11.8. The van der Waals surface area contributed by atoms with Crippen LogP contribution in [0.15, 0.2) is 60.7 Å². The fourth-order valence-electron chi connectivity index (χ4n) is 4.84. The highest BCUT2D eigenvalue weighted by Crippen LogP contribution is 2.50. The summed E-state index contributed by atoms with van der Waals surface area (Å²) in [7, 11) is 0. The molecule has 5 nitrogen and oxygen atoms in total. The predicted molar refractivity (Wildman–Crippen MR) is 142 cm³/mol. The molecule has 1 aliphatic heterocycles. The van der Waals surface area contributed by atoms with Gasteiger partial charge in [0.1, 0.15) is 11.5 Å². The average Bonchev–Trinajstić information content (AvgIpc) is 2.84. The van der Waals surface area contributed by atoms with Gasteiger partial charge < -0.3 is 19.6 Å². The Hall–Kier alpha value is -3.18. The van der Waals surface area contributed by atoms with E-state index in [0.29, 0.717) is 5.56 Å². The summed E-state index contributed by atoms with van der Waals surface area (Å²) in [6.45, 7) is 12.2. The lowest BCUT2D eigenvalue weighted by atomic mass is 9.80. The highest BCUT2D eigenvalue weighted by molar-refractivity contribution is 5.90. The molecule has 1 heterocycles. The molecule has 0 atom stereocenters. The first-order valence-electron chi connectivity index (χ1n) is 11.8. The maximum atomic E-state index is 12.1. The molecule has 3 aromatic carbocycles. The van der Waals surface area contributed by atoms with E-state index in [-0.39, 0.29) is 18.3 Å². The van der Waals surface area contributed by atoms with E-state index < -0.39 is 5.97 Å². The maximum absolute atomic E-state index is 12.1. The van der Waals surface area contributed by atoms with Gasteiger partial charge in [0.25, 0.3) is 0 Å². The van der Waals surface area contributed by atoms with Gasteiger partial charge in [0.15, 0.2) is 0 Å². The van der Waals surface area contributed by atoms with Crippen molar-refractivity contribution in [3.63, 3.8) is 0 Å². The number of aromatic carboxylic acids is 1. The summed E-state index contributed by atoms with van der Waals surface area (Å²) in [5.74, 6) is 0.440. The highest BCUT2D eigenvalue weighted by Gasteiger charge is 2.32. The Morgan fingerprint density at radius 1 is 0.765 bits per heavy atom. The number of benzene rings is 3. The number of ether oxygens (including phenoxy) is 1. The minimum absolute atomic E-state index is 0. The van der Waals surface area contributed by atoms with E-state index in [9.17, 15) is 9.90 Å². The van der Waals surface area contributed by atoms with Gasteiger partial charge in [-0.25, -0.2) is 4.79 Å². The van der Waals surface area contributed by atoms with Gasteiger partial charge in [0, 0.05) is 66.7 Å². The monoisotopic (exact) mass is 480 g/mol. The van der Waals surface area contributed by atoms with Crippen LogP contribution in [0.3, 0.4) is 0 Å². The molecule has 0 amide bonds. The van der Waals surface area contributed by atoms with Crippen LogP contribution >= 0.6 is 12.4 Å². The van der Waals surface area contributed by atoms with E-state index >= 15 is 0 Å². The third-order valence-corrected chi connectivity index (χ3v) is 6.60. The molecule has 1 N–H and O–H groups in total. The van der Waals surface area contributed by atoms with Crippen molar-refractivity contribution in [1.29, 1.82) is 0 Å². The Morgan fingerprint density at radius 3 is 1.68 bits per heavy atom. The molecule has 34 heavy (non-hydrogen) atoms. The summed E-state index contributed by atoms with van der Waals surface area (Å²) < 4.78 is 6.49. The number of carboxylic acid groups (broad SMARTS) is 1. The van der Waals surface area contributed by atoms with Crippen LogP contribution in [-0.4, -0.2) is 37.3 Å². The van der Waals surface area contributed by atoms with Crippen molar-refractivity contribution in [3.8, 4) is 11.5 Å². The van der Waals surface area contributed by atoms with E-state index in [1.807, 2.05) is 12.1 Å². The molecule has 0 aromatic heterocycles. The lowest BCUT2D eigenvalue weighted by molar-refractivity contribution is 0.0695. The molecule has 0 unspecified atom stereocenters. The minimum Gasteiger partial charge on any atom is -0.478 e. The molecule has 180 valence electrons. The number of anilines is 2. The van der Waals surface area contributed by atoms with Crippen LogP contribution in [0.2, 0.25) is 0 Å². The third kappa shape index (κ3) is 4.58. The van der Waals surface area contributed by atoms with Crippen molar-refractivity contribution in [2.24, 2.45) is 0 Å². The number of carboxylic acids is 1. The Bertz CT molecular complexity index is 1090. The molecular formula is C28H33ClN2O3. The average molecular weight is 481 g/mol. The summed E-state index contributed by atoms with van der Waals surface area (Å²) in [5.41, 5.74) is 5.29. The Labute approximate surface area is 208 Å². The zero-order valence-corrected chi connectivity index (χ0v) is 21.1. The van der Waals surface area contributed by atoms with Crippen molar-refractivity contribution in [1.82, 2.24) is 0 Å². The second kappa shape index (κ2) is 10.8. The number of hydrogen-bond donors (Lipinski definition) is 1. The number of nitrogens with zero attached hydrogens (tertiary/aromatic N) is 2. The summed E-state index contributed by atoms with van der Waals surface area (Å²) >= 11 is 0. The molecule has 0 fully saturated rings. The molecule has 4 rings (SSSR count). The van der Waals surface area contributed by atoms with Gasteiger partial charge >= 0.3 is 5.97 Å². The minimum atomic E-state index is -0.917. The molecular weight excluding hydrogens is 448 g/mol. The van der Waals surface area contributed by atoms with Crippen LogP contribution in [0, 0.1) is 0 Å². The Balaban J connectivity index is 0.00000324. The fraction of sp³-hybridized carbons (Fsp3) is 0.321. The SMILES string of the molecule is CCN(CC)c1ccc2c(c1)Oc1cc(N(CC)CC)ccc1C2c1ccccc1C(=O)O.Cl. The number of fused-ring (bicyclic) bond motifs is 2. The van der Waals surface area contributed by atoms with Gasteiger partial charge in [-0.15, -0.1) is 12.4 Å².